The van der Waals surface area contributed by atoms with Crippen molar-refractivity contribution >= 4 is 47.8 Å². The van der Waals surface area contributed by atoms with Crippen LogP contribution in [-0.2, 0) is 13.5 Å². The number of aromatic nitrogens is 3. The van der Waals surface area contributed by atoms with Crippen molar-refractivity contribution in [1.29, 1.82) is 0 Å². The second-order valence-electron chi connectivity index (χ2n) is 4.54. The Labute approximate surface area is 143 Å². The van der Waals surface area contributed by atoms with E-state index in [0.29, 0.717) is 0 Å². The monoisotopic (exact) mass is 464 g/mol. The van der Waals surface area contributed by atoms with Gasteiger partial charge in [-0.15, -0.1) is 0 Å². The lowest BCUT2D eigenvalue weighted by Gasteiger charge is -2.17. The average molecular weight is 467 g/mol. The minimum Gasteiger partial charge on any atom is -0.311 e. The van der Waals surface area contributed by atoms with E-state index in [1.54, 1.807) is 0 Å². The first kappa shape index (κ1) is 16.1. The van der Waals surface area contributed by atoms with E-state index in [1.807, 2.05) is 38.0 Å². The summed E-state index contributed by atoms with van der Waals surface area (Å²) in [5, 5.41) is 7.75. The molecule has 0 fully saturated rings. The van der Waals surface area contributed by atoms with Crippen LogP contribution in [0.2, 0.25) is 0 Å². The van der Waals surface area contributed by atoms with Crippen LogP contribution in [-0.4, -0.2) is 21.8 Å². The van der Waals surface area contributed by atoms with Gasteiger partial charge in [0, 0.05) is 28.6 Å². The molecule has 2 aromatic heterocycles. The summed E-state index contributed by atoms with van der Waals surface area (Å²) in [5.74, 6) is 0. The van der Waals surface area contributed by atoms with E-state index in [9.17, 15) is 0 Å². The molecule has 4 nitrogen and oxygen atoms in total. The minimum absolute atomic E-state index is 0.114. The Morgan fingerprint density at radius 3 is 2.55 bits per heavy atom. The molecule has 0 amide bonds. The van der Waals surface area contributed by atoms with Gasteiger partial charge in [0.1, 0.15) is 0 Å². The molecule has 1 N–H and O–H groups in total. The van der Waals surface area contributed by atoms with Gasteiger partial charge in [0.15, 0.2) is 0 Å². The van der Waals surface area contributed by atoms with Gasteiger partial charge >= 0.3 is 0 Å². The SMILES string of the molecule is CNC(Cc1c(Br)c(C)nn1C)c1ncc(Br)cc1Br. The number of halogens is 3. The second kappa shape index (κ2) is 6.68. The zero-order valence-electron chi connectivity index (χ0n) is 11.4. The maximum absolute atomic E-state index is 4.51. The van der Waals surface area contributed by atoms with E-state index in [-0.39, 0.29) is 6.04 Å². The van der Waals surface area contributed by atoms with E-state index >= 15 is 0 Å². The third-order valence-electron chi connectivity index (χ3n) is 3.17. The largest absolute Gasteiger partial charge is 0.311 e. The molecule has 0 spiro atoms. The van der Waals surface area contributed by atoms with Crippen LogP contribution in [0.15, 0.2) is 25.7 Å². The molecule has 0 aliphatic rings. The van der Waals surface area contributed by atoms with Crippen LogP contribution in [0.4, 0.5) is 0 Å². The van der Waals surface area contributed by atoms with Crippen LogP contribution in [0.1, 0.15) is 23.1 Å². The van der Waals surface area contributed by atoms with Crippen molar-refractivity contribution in [3.05, 3.63) is 42.8 Å². The van der Waals surface area contributed by atoms with Gasteiger partial charge in [-0.25, -0.2) is 0 Å². The molecule has 7 heteroatoms. The summed E-state index contributed by atoms with van der Waals surface area (Å²) in [6.45, 7) is 2.00. The highest BCUT2D eigenvalue weighted by molar-refractivity contribution is 9.11. The minimum atomic E-state index is 0.114. The van der Waals surface area contributed by atoms with Crippen LogP contribution >= 0.6 is 47.8 Å². The third-order valence-corrected chi connectivity index (χ3v) is 5.27. The second-order valence-corrected chi connectivity index (χ2v) is 7.10. The summed E-state index contributed by atoms with van der Waals surface area (Å²) in [6, 6.07) is 2.12. The van der Waals surface area contributed by atoms with E-state index in [2.05, 4.69) is 63.2 Å². The van der Waals surface area contributed by atoms with E-state index in [0.717, 1.165) is 36.9 Å². The fourth-order valence-electron chi connectivity index (χ4n) is 2.11. The summed E-state index contributed by atoms with van der Waals surface area (Å²) in [7, 11) is 3.90. The summed E-state index contributed by atoms with van der Waals surface area (Å²) in [4.78, 5) is 4.51. The van der Waals surface area contributed by atoms with Crippen molar-refractivity contribution in [2.45, 2.75) is 19.4 Å². The molecule has 1 unspecified atom stereocenters. The van der Waals surface area contributed by atoms with Crippen molar-refractivity contribution in [3.8, 4) is 0 Å². The summed E-state index contributed by atoms with van der Waals surface area (Å²) < 4.78 is 4.92. The van der Waals surface area contributed by atoms with Gasteiger partial charge in [-0.2, -0.15) is 5.10 Å². The van der Waals surface area contributed by atoms with Crippen LogP contribution in [0.5, 0.6) is 0 Å². The topological polar surface area (TPSA) is 42.7 Å². The predicted octanol–water partition coefficient (Wildman–Crippen LogP) is 3.91. The fraction of sp³-hybridized carbons (Fsp3) is 0.385. The van der Waals surface area contributed by atoms with Crippen LogP contribution in [0, 0.1) is 6.92 Å². The molecule has 20 heavy (non-hydrogen) atoms. The molecule has 0 saturated heterocycles. The number of hydrogen-bond acceptors (Lipinski definition) is 3. The lowest BCUT2D eigenvalue weighted by atomic mass is 10.1. The predicted molar refractivity (Wildman–Crippen MR) is 90.8 cm³/mol. The van der Waals surface area contributed by atoms with Gasteiger partial charge < -0.3 is 5.32 Å². The van der Waals surface area contributed by atoms with Gasteiger partial charge in [0.25, 0.3) is 0 Å². The molecule has 0 bridgehead atoms. The molecule has 0 saturated carbocycles. The first-order valence-electron chi connectivity index (χ1n) is 6.10. The Bertz CT molecular complexity index is 624. The van der Waals surface area contributed by atoms with Gasteiger partial charge in [-0.05, 0) is 67.8 Å². The quantitative estimate of drug-likeness (QED) is 0.742. The zero-order chi connectivity index (χ0) is 14.9. The maximum atomic E-state index is 4.51. The molecule has 2 aromatic rings. The van der Waals surface area contributed by atoms with Crippen molar-refractivity contribution < 1.29 is 0 Å². The molecule has 0 radical (unpaired) electrons. The standard InChI is InChI=1S/C13H15Br3N4/c1-7-12(16)11(20(3)19-7)5-10(17-2)13-9(15)4-8(14)6-18-13/h4,6,10,17H,5H2,1-3H3. The van der Waals surface area contributed by atoms with Crippen LogP contribution < -0.4 is 5.32 Å². The molecule has 0 aromatic carbocycles. The lowest BCUT2D eigenvalue weighted by Crippen LogP contribution is -2.22. The number of pyridine rings is 1. The molecule has 1 atom stereocenters. The van der Waals surface area contributed by atoms with Crippen molar-refractivity contribution in [2.75, 3.05) is 7.05 Å². The molecule has 2 heterocycles. The Kier molecular flexibility index (Phi) is 5.39. The number of hydrogen-bond donors (Lipinski definition) is 1. The number of nitrogens with zero attached hydrogens (tertiary/aromatic N) is 3. The Morgan fingerprint density at radius 2 is 2.05 bits per heavy atom. The van der Waals surface area contributed by atoms with Crippen LogP contribution in [0.25, 0.3) is 0 Å². The van der Waals surface area contributed by atoms with E-state index in [4.69, 9.17) is 0 Å². The Balaban J connectivity index is 2.33. The number of rotatable bonds is 4. The average Bonchev–Trinajstić information content (AvgIpc) is 2.62. The Morgan fingerprint density at radius 1 is 1.35 bits per heavy atom. The Hall–Kier alpha value is -0.240. The molecule has 0 aliphatic carbocycles. The highest BCUT2D eigenvalue weighted by Gasteiger charge is 2.20. The van der Waals surface area contributed by atoms with Crippen molar-refractivity contribution in [2.24, 2.45) is 7.05 Å². The first-order chi connectivity index (χ1) is 9.43. The fourth-order valence-corrected chi connectivity index (χ4v) is 3.87. The number of aryl methyl sites for hydroxylation is 2. The van der Waals surface area contributed by atoms with Gasteiger partial charge in [-0.3, -0.25) is 9.67 Å². The zero-order valence-corrected chi connectivity index (χ0v) is 16.2. The normalized spacial score (nSPS) is 12.7. The first-order valence-corrected chi connectivity index (χ1v) is 8.48. The summed E-state index contributed by atoms with van der Waals surface area (Å²) in [6.07, 6.45) is 2.62. The molecular weight excluding hydrogens is 452 g/mol. The third kappa shape index (κ3) is 3.32. The highest BCUT2D eigenvalue weighted by Crippen LogP contribution is 2.29. The molecular formula is C13H15Br3N4. The van der Waals surface area contributed by atoms with Crippen molar-refractivity contribution in [3.63, 3.8) is 0 Å². The molecule has 108 valence electrons. The van der Waals surface area contributed by atoms with Crippen molar-refractivity contribution in [1.82, 2.24) is 20.1 Å². The number of likely N-dealkylation sites (N-methyl/N-ethyl adjacent to an activating group) is 1. The summed E-state index contributed by atoms with van der Waals surface area (Å²) in [5.41, 5.74) is 3.14. The van der Waals surface area contributed by atoms with E-state index in [1.165, 1.54) is 0 Å². The maximum Gasteiger partial charge on any atom is 0.0738 e. The van der Waals surface area contributed by atoms with Gasteiger partial charge in [-0.1, -0.05) is 0 Å². The molecule has 0 aliphatic heterocycles. The van der Waals surface area contributed by atoms with Crippen LogP contribution in [0.3, 0.4) is 0 Å². The lowest BCUT2D eigenvalue weighted by molar-refractivity contribution is 0.545. The van der Waals surface area contributed by atoms with Gasteiger partial charge in [0.2, 0.25) is 0 Å². The van der Waals surface area contributed by atoms with E-state index < -0.39 is 0 Å². The van der Waals surface area contributed by atoms with Gasteiger partial charge in [0.05, 0.1) is 27.6 Å². The highest BCUT2D eigenvalue weighted by atomic mass is 79.9. The molecule has 2 rings (SSSR count). The smallest absolute Gasteiger partial charge is 0.0738 e. The number of nitrogens with one attached hydrogen (secondary N) is 1. The summed E-state index contributed by atoms with van der Waals surface area (Å²) >= 11 is 10.6.